The molecule has 0 bridgehead atoms. The topological polar surface area (TPSA) is 98.9 Å². The van der Waals surface area contributed by atoms with E-state index >= 15 is 0 Å². The van der Waals surface area contributed by atoms with Crippen molar-refractivity contribution in [3.63, 3.8) is 0 Å². The van der Waals surface area contributed by atoms with Gasteiger partial charge in [-0.25, -0.2) is 4.98 Å². The van der Waals surface area contributed by atoms with E-state index in [0.717, 1.165) is 11.1 Å². The Morgan fingerprint density at radius 1 is 1.14 bits per heavy atom. The molecule has 0 radical (unpaired) electrons. The van der Waals surface area contributed by atoms with Crippen molar-refractivity contribution in [2.45, 2.75) is 6.61 Å². The van der Waals surface area contributed by atoms with Crippen LogP contribution in [0, 0.1) is 10.1 Å². The summed E-state index contributed by atoms with van der Waals surface area (Å²) >= 11 is 0. The minimum absolute atomic E-state index is 0.0456. The lowest BCUT2D eigenvalue weighted by molar-refractivity contribution is -0.384. The van der Waals surface area contributed by atoms with Crippen LogP contribution in [0.1, 0.15) is 11.1 Å². The fourth-order valence-electron chi connectivity index (χ4n) is 2.36. The Labute approximate surface area is 161 Å². The SMILES string of the molecule is COc1cc(/C=N/Nc2ccccn2)ccc1OCc1ccc([N+](=O)[O-])cc1. The van der Waals surface area contributed by atoms with Gasteiger partial charge >= 0.3 is 0 Å². The Balaban J connectivity index is 1.63. The fraction of sp³-hybridized carbons (Fsp3) is 0.100. The second-order valence-electron chi connectivity index (χ2n) is 5.71. The van der Waals surface area contributed by atoms with Gasteiger partial charge in [0, 0.05) is 18.3 Å². The third kappa shape index (κ3) is 5.04. The van der Waals surface area contributed by atoms with Crippen molar-refractivity contribution in [2.24, 2.45) is 5.10 Å². The molecule has 8 nitrogen and oxygen atoms in total. The number of nitrogens with zero attached hydrogens (tertiary/aromatic N) is 3. The zero-order chi connectivity index (χ0) is 19.8. The Bertz CT molecular complexity index is 960. The van der Waals surface area contributed by atoms with Crippen molar-refractivity contribution in [3.05, 3.63) is 88.1 Å². The Morgan fingerprint density at radius 3 is 2.64 bits per heavy atom. The molecule has 0 aliphatic heterocycles. The summed E-state index contributed by atoms with van der Waals surface area (Å²) < 4.78 is 11.2. The molecule has 1 heterocycles. The molecule has 0 amide bonds. The van der Waals surface area contributed by atoms with E-state index in [1.54, 1.807) is 43.8 Å². The van der Waals surface area contributed by atoms with Crippen LogP contribution < -0.4 is 14.9 Å². The highest BCUT2D eigenvalue weighted by Gasteiger charge is 2.07. The highest BCUT2D eigenvalue weighted by atomic mass is 16.6. The number of nitro benzene ring substituents is 1. The van der Waals surface area contributed by atoms with Gasteiger partial charge in [-0.3, -0.25) is 15.5 Å². The minimum Gasteiger partial charge on any atom is -0.493 e. The largest absolute Gasteiger partial charge is 0.493 e. The molecule has 0 fully saturated rings. The molecular formula is C20H18N4O4. The number of aromatic nitrogens is 1. The van der Waals surface area contributed by atoms with Crippen LogP contribution >= 0.6 is 0 Å². The van der Waals surface area contributed by atoms with Gasteiger partial charge in [0.05, 0.1) is 18.2 Å². The molecule has 0 saturated carbocycles. The summed E-state index contributed by atoms with van der Waals surface area (Å²) in [4.78, 5) is 14.4. The first-order chi connectivity index (χ1) is 13.7. The number of methoxy groups -OCH3 is 1. The molecule has 2 aromatic carbocycles. The number of hydrogen-bond donors (Lipinski definition) is 1. The van der Waals surface area contributed by atoms with E-state index in [2.05, 4.69) is 15.5 Å². The van der Waals surface area contributed by atoms with Crippen molar-refractivity contribution in [2.75, 3.05) is 12.5 Å². The predicted octanol–water partition coefficient (Wildman–Crippen LogP) is 4.02. The van der Waals surface area contributed by atoms with Gasteiger partial charge < -0.3 is 9.47 Å². The zero-order valence-corrected chi connectivity index (χ0v) is 15.1. The molecule has 0 spiro atoms. The molecule has 1 N–H and O–H groups in total. The van der Waals surface area contributed by atoms with Gasteiger partial charge in [0.2, 0.25) is 0 Å². The van der Waals surface area contributed by atoms with E-state index in [1.165, 1.54) is 12.1 Å². The zero-order valence-electron chi connectivity index (χ0n) is 15.1. The first kappa shape index (κ1) is 18.8. The number of benzene rings is 2. The van der Waals surface area contributed by atoms with E-state index in [0.29, 0.717) is 17.3 Å². The molecule has 0 saturated heterocycles. The van der Waals surface area contributed by atoms with E-state index in [9.17, 15) is 10.1 Å². The molecule has 0 aliphatic carbocycles. The minimum atomic E-state index is -0.434. The molecule has 3 rings (SSSR count). The van der Waals surface area contributed by atoms with Crippen LogP contribution in [0.2, 0.25) is 0 Å². The maximum absolute atomic E-state index is 10.7. The summed E-state index contributed by atoms with van der Waals surface area (Å²) in [6.45, 7) is 0.267. The number of non-ortho nitro benzene ring substituents is 1. The number of hydrogen-bond acceptors (Lipinski definition) is 7. The third-order valence-electron chi connectivity index (χ3n) is 3.79. The van der Waals surface area contributed by atoms with Gasteiger partial charge in [-0.2, -0.15) is 5.10 Å². The quantitative estimate of drug-likeness (QED) is 0.361. The van der Waals surface area contributed by atoms with Crippen molar-refractivity contribution in [1.29, 1.82) is 0 Å². The van der Waals surface area contributed by atoms with Crippen molar-refractivity contribution < 1.29 is 14.4 Å². The normalized spacial score (nSPS) is 10.6. The average Bonchev–Trinajstić information content (AvgIpc) is 2.73. The number of pyridine rings is 1. The number of nitrogens with one attached hydrogen (secondary N) is 1. The van der Waals surface area contributed by atoms with E-state index in [4.69, 9.17) is 9.47 Å². The lowest BCUT2D eigenvalue weighted by Gasteiger charge is -2.11. The van der Waals surface area contributed by atoms with Gasteiger partial charge in [-0.05, 0) is 53.6 Å². The number of ether oxygens (including phenoxy) is 2. The second kappa shape index (κ2) is 9.13. The monoisotopic (exact) mass is 378 g/mol. The molecule has 0 aliphatic rings. The fourth-order valence-corrected chi connectivity index (χ4v) is 2.36. The smallest absolute Gasteiger partial charge is 0.269 e. The standard InChI is InChI=1S/C20H18N4O4/c1-27-19-12-16(13-22-23-20-4-2-3-11-21-20)7-10-18(19)28-14-15-5-8-17(9-6-15)24(25)26/h2-13H,14H2,1H3,(H,21,23)/b22-13+. The summed E-state index contributed by atoms with van der Waals surface area (Å²) in [5.41, 5.74) is 4.53. The van der Waals surface area contributed by atoms with Crippen LogP contribution in [0.5, 0.6) is 11.5 Å². The molecule has 8 heteroatoms. The van der Waals surface area contributed by atoms with Gasteiger partial charge in [0.15, 0.2) is 11.5 Å². The predicted molar refractivity (Wildman–Crippen MR) is 106 cm³/mol. The molecule has 0 unspecified atom stereocenters. The Morgan fingerprint density at radius 2 is 1.96 bits per heavy atom. The van der Waals surface area contributed by atoms with E-state index < -0.39 is 4.92 Å². The average molecular weight is 378 g/mol. The van der Waals surface area contributed by atoms with Gasteiger partial charge in [0.25, 0.3) is 5.69 Å². The number of rotatable bonds is 8. The Hall–Kier alpha value is -3.94. The summed E-state index contributed by atoms with van der Waals surface area (Å²) in [6.07, 6.45) is 3.33. The van der Waals surface area contributed by atoms with Crippen LogP contribution in [-0.4, -0.2) is 23.2 Å². The van der Waals surface area contributed by atoms with Gasteiger partial charge in [-0.1, -0.05) is 6.07 Å². The molecule has 0 atom stereocenters. The van der Waals surface area contributed by atoms with Crippen LogP contribution in [0.4, 0.5) is 11.5 Å². The van der Waals surface area contributed by atoms with Gasteiger partial charge in [0.1, 0.15) is 12.4 Å². The summed E-state index contributed by atoms with van der Waals surface area (Å²) in [5.74, 6) is 1.77. The molecule has 3 aromatic rings. The van der Waals surface area contributed by atoms with Crippen LogP contribution in [0.15, 0.2) is 72.0 Å². The summed E-state index contributed by atoms with van der Waals surface area (Å²) in [7, 11) is 1.56. The van der Waals surface area contributed by atoms with Crippen LogP contribution in [0.25, 0.3) is 0 Å². The first-order valence-electron chi connectivity index (χ1n) is 8.40. The second-order valence-corrected chi connectivity index (χ2v) is 5.71. The van der Waals surface area contributed by atoms with Gasteiger partial charge in [-0.15, -0.1) is 0 Å². The molecule has 28 heavy (non-hydrogen) atoms. The lowest BCUT2D eigenvalue weighted by atomic mass is 10.2. The number of anilines is 1. The van der Waals surface area contributed by atoms with Crippen molar-refractivity contribution in [3.8, 4) is 11.5 Å². The van der Waals surface area contributed by atoms with E-state index in [1.807, 2.05) is 24.3 Å². The Kier molecular flexibility index (Phi) is 6.14. The maximum Gasteiger partial charge on any atom is 0.269 e. The molecule has 142 valence electrons. The highest BCUT2D eigenvalue weighted by Crippen LogP contribution is 2.28. The van der Waals surface area contributed by atoms with Crippen LogP contribution in [-0.2, 0) is 6.61 Å². The number of hydrazone groups is 1. The van der Waals surface area contributed by atoms with Crippen LogP contribution in [0.3, 0.4) is 0 Å². The maximum atomic E-state index is 10.7. The summed E-state index contributed by atoms with van der Waals surface area (Å²) in [5, 5.41) is 14.8. The third-order valence-corrected chi connectivity index (χ3v) is 3.79. The lowest BCUT2D eigenvalue weighted by Crippen LogP contribution is -1.99. The highest BCUT2D eigenvalue weighted by molar-refractivity contribution is 5.81. The van der Waals surface area contributed by atoms with Crippen molar-refractivity contribution in [1.82, 2.24) is 4.98 Å². The van der Waals surface area contributed by atoms with E-state index in [-0.39, 0.29) is 12.3 Å². The first-order valence-corrected chi connectivity index (χ1v) is 8.40. The molecular weight excluding hydrogens is 360 g/mol. The van der Waals surface area contributed by atoms with Crippen molar-refractivity contribution >= 4 is 17.7 Å². The summed E-state index contributed by atoms with van der Waals surface area (Å²) in [6, 6.07) is 17.2. The number of nitro groups is 1. The molecule has 1 aromatic heterocycles.